The summed E-state index contributed by atoms with van der Waals surface area (Å²) in [5.74, 6) is 1.17. The Morgan fingerprint density at radius 2 is 1.90 bits per heavy atom. The maximum atomic E-state index is 10.7. The lowest BCUT2D eigenvalue weighted by Gasteiger charge is -2.48. The normalized spacial score (nSPS) is 22.7. The summed E-state index contributed by atoms with van der Waals surface area (Å²) >= 11 is 1.68. The zero-order chi connectivity index (χ0) is 21.0. The lowest BCUT2D eigenvalue weighted by molar-refractivity contribution is 0.320. The van der Waals surface area contributed by atoms with Crippen molar-refractivity contribution in [1.82, 2.24) is 14.8 Å². The molecule has 154 valence electrons. The number of anilines is 1. The lowest BCUT2D eigenvalue weighted by Crippen LogP contribution is -2.57. The van der Waals surface area contributed by atoms with Gasteiger partial charge in [0, 0.05) is 18.5 Å². The number of thiazole rings is 1. The fourth-order valence-corrected chi connectivity index (χ4v) is 6.49. The van der Waals surface area contributed by atoms with Gasteiger partial charge in [-0.25, -0.2) is 9.67 Å². The first-order valence-corrected chi connectivity index (χ1v) is 11.7. The Morgan fingerprint density at radius 1 is 1.10 bits per heavy atom. The number of para-hydroxylation sites is 2. The zero-order valence-corrected chi connectivity index (χ0v) is 18.3. The second-order valence-corrected chi connectivity index (χ2v) is 9.62. The van der Waals surface area contributed by atoms with E-state index in [0.717, 1.165) is 52.4 Å². The molecule has 2 unspecified atom stereocenters. The Bertz CT molecular complexity index is 1280. The van der Waals surface area contributed by atoms with Gasteiger partial charge in [0.25, 0.3) is 0 Å². The molecule has 0 saturated carbocycles. The smallest absolute Gasteiger partial charge is 0.136 e. The van der Waals surface area contributed by atoms with Gasteiger partial charge in [0.1, 0.15) is 16.2 Å². The Balaban J connectivity index is 1.57. The highest BCUT2D eigenvalue weighted by Gasteiger charge is 2.53. The van der Waals surface area contributed by atoms with E-state index in [0.29, 0.717) is 6.42 Å². The van der Waals surface area contributed by atoms with Crippen molar-refractivity contribution in [3.63, 3.8) is 0 Å². The average Bonchev–Trinajstić information content (AvgIpc) is 3.40. The molecular formula is C25H23N5S. The summed E-state index contributed by atoms with van der Waals surface area (Å²) in [6.07, 6.45) is 3.94. The van der Waals surface area contributed by atoms with Crippen molar-refractivity contribution < 1.29 is 0 Å². The van der Waals surface area contributed by atoms with E-state index in [4.69, 9.17) is 10.1 Å². The largest absolute Gasteiger partial charge is 0.351 e. The van der Waals surface area contributed by atoms with Gasteiger partial charge in [-0.3, -0.25) is 0 Å². The summed E-state index contributed by atoms with van der Waals surface area (Å²) in [6, 6.07) is 21.4. The highest BCUT2D eigenvalue weighted by molar-refractivity contribution is 7.18. The molecule has 6 heteroatoms. The van der Waals surface area contributed by atoms with Gasteiger partial charge >= 0.3 is 0 Å². The average molecular weight is 426 g/mol. The van der Waals surface area contributed by atoms with Gasteiger partial charge in [-0.1, -0.05) is 30.3 Å². The molecule has 2 aromatic carbocycles. The molecule has 2 aliphatic heterocycles. The number of hydrogen-bond acceptors (Lipinski definition) is 5. The minimum Gasteiger partial charge on any atom is -0.351 e. The van der Waals surface area contributed by atoms with Gasteiger partial charge in [0.15, 0.2) is 0 Å². The van der Waals surface area contributed by atoms with Gasteiger partial charge in [-0.15, -0.1) is 11.3 Å². The molecule has 31 heavy (non-hydrogen) atoms. The molecule has 1 fully saturated rings. The number of piperidine rings is 1. The molecule has 6 rings (SSSR count). The molecular weight excluding hydrogens is 402 g/mol. The SMILES string of the molecule is Cc1nn(-c2ccccc2)c2c1CC(C#N)(c1nc3ccccc3s1)C1CCCCN21. The summed E-state index contributed by atoms with van der Waals surface area (Å²) in [5.41, 5.74) is 3.60. The first-order chi connectivity index (χ1) is 15.2. The quantitative estimate of drug-likeness (QED) is 0.445. The molecule has 0 amide bonds. The molecule has 2 aromatic heterocycles. The Hall–Kier alpha value is -3.17. The molecule has 0 spiro atoms. The van der Waals surface area contributed by atoms with Crippen molar-refractivity contribution >= 4 is 27.4 Å². The fraction of sp³-hybridized carbons (Fsp3) is 0.320. The number of hydrogen-bond donors (Lipinski definition) is 0. The van der Waals surface area contributed by atoms with Crippen LogP contribution in [0.25, 0.3) is 15.9 Å². The van der Waals surface area contributed by atoms with Gasteiger partial charge in [-0.05, 0) is 50.5 Å². The van der Waals surface area contributed by atoms with Crippen molar-refractivity contribution in [1.29, 1.82) is 5.26 Å². The van der Waals surface area contributed by atoms with Crippen molar-refractivity contribution in [2.75, 3.05) is 11.4 Å². The third kappa shape index (κ3) is 2.66. The number of rotatable bonds is 2. The van der Waals surface area contributed by atoms with E-state index in [9.17, 15) is 5.26 Å². The van der Waals surface area contributed by atoms with Crippen LogP contribution in [0.1, 0.15) is 35.5 Å². The summed E-state index contributed by atoms with van der Waals surface area (Å²) in [7, 11) is 0. The van der Waals surface area contributed by atoms with Crippen LogP contribution in [0.5, 0.6) is 0 Å². The van der Waals surface area contributed by atoms with Crippen LogP contribution < -0.4 is 4.90 Å². The Morgan fingerprint density at radius 3 is 2.71 bits per heavy atom. The summed E-state index contributed by atoms with van der Waals surface area (Å²) in [5, 5.41) is 16.6. The molecule has 0 bridgehead atoms. The minimum absolute atomic E-state index is 0.109. The van der Waals surface area contributed by atoms with Crippen molar-refractivity contribution in [3.05, 3.63) is 70.9 Å². The molecule has 1 saturated heterocycles. The van der Waals surface area contributed by atoms with E-state index in [-0.39, 0.29) is 6.04 Å². The maximum absolute atomic E-state index is 10.7. The topological polar surface area (TPSA) is 57.7 Å². The fourth-order valence-electron chi connectivity index (χ4n) is 5.34. The minimum atomic E-state index is -0.646. The number of aromatic nitrogens is 3. The van der Waals surface area contributed by atoms with Gasteiger partial charge in [0.2, 0.25) is 0 Å². The molecule has 2 aliphatic rings. The summed E-state index contributed by atoms with van der Waals surface area (Å²) in [6.45, 7) is 3.02. The number of aryl methyl sites for hydroxylation is 1. The van der Waals surface area contributed by atoms with Crippen LogP contribution in [0.3, 0.4) is 0 Å². The predicted molar refractivity (Wildman–Crippen MR) is 124 cm³/mol. The highest BCUT2D eigenvalue weighted by atomic mass is 32.1. The number of nitrogens with zero attached hydrogens (tertiary/aromatic N) is 5. The molecule has 0 aliphatic carbocycles. The van der Waals surface area contributed by atoms with E-state index in [1.165, 1.54) is 11.4 Å². The van der Waals surface area contributed by atoms with E-state index < -0.39 is 5.41 Å². The number of benzene rings is 2. The van der Waals surface area contributed by atoms with Crippen molar-refractivity contribution in [2.45, 2.75) is 44.1 Å². The van der Waals surface area contributed by atoms with Gasteiger partial charge < -0.3 is 4.90 Å². The number of nitriles is 1. The first kappa shape index (κ1) is 18.6. The van der Waals surface area contributed by atoms with E-state index in [2.05, 4.69) is 52.9 Å². The summed E-state index contributed by atoms with van der Waals surface area (Å²) < 4.78 is 3.24. The Labute approximate surface area is 185 Å². The summed E-state index contributed by atoms with van der Waals surface area (Å²) in [4.78, 5) is 7.44. The molecule has 0 N–H and O–H groups in total. The van der Waals surface area contributed by atoms with Crippen molar-refractivity contribution in [3.8, 4) is 11.8 Å². The monoisotopic (exact) mass is 425 g/mol. The van der Waals surface area contributed by atoms with Gasteiger partial charge in [-0.2, -0.15) is 10.4 Å². The van der Waals surface area contributed by atoms with Crippen LogP contribution in [-0.2, 0) is 11.8 Å². The van der Waals surface area contributed by atoms with E-state index >= 15 is 0 Å². The molecule has 4 aromatic rings. The second-order valence-electron chi connectivity index (χ2n) is 8.59. The Kier molecular flexibility index (Phi) is 4.15. The highest BCUT2D eigenvalue weighted by Crippen LogP contribution is 2.49. The van der Waals surface area contributed by atoms with Crippen LogP contribution in [0.2, 0.25) is 0 Å². The van der Waals surface area contributed by atoms with Crippen LogP contribution in [0.15, 0.2) is 54.6 Å². The van der Waals surface area contributed by atoms with Crippen LogP contribution in [0, 0.1) is 18.3 Å². The maximum Gasteiger partial charge on any atom is 0.136 e. The van der Waals surface area contributed by atoms with Crippen molar-refractivity contribution in [2.24, 2.45) is 0 Å². The second kappa shape index (κ2) is 6.93. The van der Waals surface area contributed by atoms with Gasteiger partial charge in [0.05, 0.1) is 33.7 Å². The standard InChI is InChI=1S/C25H23N5S/c1-17-19-15-25(16-26,24-27-20-11-5-6-12-21(20)31-24)22-13-7-8-14-29(22)23(19)30(28-17)18-9-3-2-4-10-18/h2-6,9-12,22H,7-8,13-15H2,1H3. The van der Waals surface area contributed by atoms with Crippen LogP contribution in [0.4, 0.5) is 5.82 Å². The first-order valence-electron chi connectivity index (χ1n) is 10.9. The third-order valence-electron chi connectivity index (χ3n) is 6.83. The van der Waals surface area contributed by atoms with E-state index in [1.54, 1.807) is 11.3 Å². The molecule has 4 heterocycles. The zero-order valence-electron chi connectivity index (χ0n) is 17.5. The van der Waals surface area contributed by atoms with E-state index in [1.807, 2.05) is 24.3 Å². The lowest BCUT2D eigenvalue weighted by atomic mass is 9.70. The molecule has 0 radical (unpaired) electrons. The molecule has 5 nitrogen and oxygen atoms in total. The van der Waals surface area contributed by atoms with Crippen LogP contribution in [-0.4, -0.2) is 27.4 Å². The third-order valence-corrected chi connectivity index (χ3v) is 8.05. The number of fused-ring (bicyclic) bond motifs is 4. The van der Waals surface area contributed by atoms with Crippen LogP contribution >= 0.6 is 11.3 Å². The molecule has 2 atom stereocenters. The predicted octanol–water partition coefficient (Wildman–Crippen LogP) is 5.17.